The lowest BCUT2D eigenvalue weighted by Crippen LogP contribution is -2.04. The average molecular weight is 333 g/mol. The molecule has 0 unspecified atom stereocenters. The number of hydrogen-bond acceptors (Lipinski definition) is 5. The van der Waals surface area contributed by atoms with E-state index in [1.165, 1.54) is 0 Å². The van der Waals surface area contributed by atoms with Crippen molar-refractivity contribution >= 4 is 32.5 Å². The summed E-state index contributed by atoms with van der Waals surface area (Å²) in [5.74, 6) is 0.790. The molecular weight excluding hydrogens is 320 g/mol. The van der Waals surface area contributed by atoms with Gasteiger partial charge in [-0.05, 0) is 22.9 Å². The van der Waals surface area contributed by atoms with E-state index in [4.69, 9.17) is 0 Å². The van der Waals surface area contributed by atoms with Crippen LogP contribution in [0.4, 0.5) is 5.82 Å². The van der Waals surface area contributed by atoms with Crippen molar-refractivity contribution in [1.82, 2.24) is 25.2 Å². The quantitative estimate of drug-likeness (QED) is 0.798. The number of halogens is 1. The van der Waals surface area contributed by atoms with Crippen LogP contribution in [0, 0.1) is 0 Å². The van der Waals surface area contributed by atoms with Crippen LogP contribution in [0.3, 0.4) is 0 Å². The molecule has 0 amide bonds. The number of fused-ring (bicyclic) bond motifs is 1. The maximum Gasteiger partial charge on any atom is 0.158 e. The Morgan fingerprint density at radius 3 is 2.55 bits per heavy atom. The summed E-state index contributed by atoms with van der Waals surface area (Å²) in [6.07, 6.45) is 0. The van der Waals surface area contributed by atoms with E-state index in [1.54, 1.807) is 4.68 Å². The van der Waals surface area contributed by atoms with Crippen LogP contribution in [0.25, 0.3) is 22.2 Å². The molecule has 0 saturated heterocycles. The summed E-state index contributed by atoms with van der Waals surface area (Å²) in [5.41, 5.74) is 1.58. The second-order valence-electron chi connectivity index (χ2n) is 4.33. The predicted octanol–water partition coefficient (Wildman–Crippen LogP) is 2.62. The predicted molar refractivity (Wildman–Crippen MR) is 81.4 cm³/mol. The Balaban J connectivity index is 2.31. The van der Waals surface area contributed by atoms with E-state index in [0.717, 1.165) is 34.5 Å². The molecule has 0 bridgehead atoms. The molecule has 2 aromatic heterocycles. The molecule has 0 aliphatic carbocycles. The number of anilines is 1. The van der Waals surface area contributed by atoms with Crippen molar-refractivity contribution in [1.29, 1.82) is 0 Å². The number of aryl methyl sites for hydroxylation is 1. The summed E-state index contributed by atoms with van der Waals surface area (Å²) in [6, 6.07) is 8.04. The largest absolute Gasteiger partial charge is 0.368 e. The molecule has 0 aliphatic heterocycles. The number of nitrogens with one attached hydrogen (secondary N) is 1. The third kappa shape index (κ3) is 2.03. The molecule has 7 heteroatoms. The maximum atomic E-state index is 4.35. The molecule has 3 aromatic rings. The van der Waals surface area contributed by atoms with Crippen molar-refractivity contribution in [2.75, 3.05) is 11.9 Å². The minimum absolute atomic E-state index is 0.663. The van der Waals surface area contributed by atoms with Gasteiger partial charge in [0.25, 0.3) is 0 Å². The molecule has 0 aliphatic rings. The van der Waals surface area contributed by atoms with Crippen molar-refractivity contribution in [3.8, 4) is 11.4 Å². The van der Waals surface area contributed by atoms with Crippen molar-refractivity contribution in [2.45, 2.75) is 6.92 Å². The van der Waals surface area contributed by atoms with Crippen LogP contribution < -0.4 is 5.32 Å². The minimum atomic E-state index is 0.663. The molecule has 6 nitrogen and oxygen atoms in total. The van der Waals surface area contributed by atoms with Crippen molar-refractivity contribution in [3.05, 3.63) is 28.9 Å². The maximum absolute atomic E-state index is 4.35. The fourth-order valence-electron chi connectivity index (χ4n) is 2.16. The Kier molecular flexibility index (Phi) is 3.35. The first-order valence-electron chi connectivity index (χ1n) is 6.27. The number of nitrogens with zero attached hydrogens (tertiary/aromatic N) is 5. The van der Waals surface area contributed by atoms with E-state index in [2.05, 4.69) is 41.8 Å². The van der Waals surface area contributed by atoms with Crippen LogP contribution >= 0.6 is 15.9 Å². The number of aromatic nitrogens is 5. The van der Waals surface area contributed by atoms with Gasteiger partial charge in [-0.1, -0.05) is 29.5 Å². The minimum Gasteiger partial charge on any atom is -0.368 e. The molecule has 1 N–H and O–H groups in total. The SMILES string of the molecule is CCNc1nnc(-c2c(Br)nnn2C)c2ccccc12. The van der Waals surface area contributed by atoms with Crippen LogP contribution in [-0.4, -0.2) is 31.7 Å². The molecule has 0 saturated carbocycles. The highest BCUT2D eigenvalue weighted by Gasteiger charge is 2.17. The van der Waals surface area contributed by atoms with Crippen LogP contribution in [0.1, 0.15) is 6.92 Å². The fraction of sp³-hybridized carbons (Fsp3) is 0.231. The summed E-state index contributed by atoms with van der Waals surface area (Å²) in [4.78, 5) is 0. The lowest BCUT2D eigenvalue weighted by molar-refractivity contribution is 0.718. The number of rotatable bonds is 3. The van der Waals surface area contributed by atoms with Crippen LogP contribution in [0.15, 0.2) is 28.9 Å². The molecule has 2 heterocycles. The van der Waals surface area contributed by atoms with Gasteiger partial charge in [0.1, 0.15) is 11.4 Å². The monoisotopic (exact) mass is 332 g/mol. The van der Waals surface area contributed by atoms with Gasteiger partial charge in [-0.2, -0.15) is 0 Å². The standard InChI is InChI=1S/C13H13BrN6/c1-3-15-13-9-7-5-4-6-8(9)10(16-18-13)11-12(14)17-19-20(11)2/h4-7H,3H2,1-2H3,(H,15,18). The Morgan fingerprint density at radius 2 is 1.90 bits per heavy atom. The van der Waals surface area contributed by atoms with Gasteiger partial charge in [0.15, 0.2) is 10.4 Å². The van der Waals surface area contributed by atoms with Gasteiger partial charge < -0.3 is 5.32 Å². The third-order valence-electron chi connectivity index (χ3n) is 3.04. The highest BCUT2D eigenvalue weighted by atomic mass is 79.9. The molecule has 0 spiro atoms. The first-order valence-corrected chi connectivity index (χ1v) is 7.06. The van der Waals surface area contributed by atoms with E-state index in [9.17, 15) is 0 Å². The lowest BCUT2D eigenvalue weighted by atomic mass is 10.1. The first-order chi connectivity index (χ1) is 9.72. The second kappa shape index (κ2) is 5.16. The Hall–Kier alpha value is -2.02. The van der Waals surface area contributed by atoms with Crippen molar-refractivity contribution in [3.63, 3.8) is 0 Å². The molecular formula is C13H13BrN6. The molecule has 0 atom stereocenters. The molecule has 3 rings (SSSR count). The molecule has 20 heavy (non-hydrogen) atoms. The van der Waals surface area contributed by atoms with Crippen molar-refractivity contribution < 1.29 is 0 Å². The van der Waals surface area contributed by atoms with Crippen LogP contribution in [-0.2, 0) is 7.05 Å². The van der Waals surface area contributed by atoms with Gasteiger partial charge in [-0.15, -0.1) is 15.3 Å². The second-order valence-corrected chi connectivity index (χ2v) is 5.08. The van der Waals surface area contributed by atoms with E-state index in [0.29, 0.717) is 4.60 Å². The smallest absolute Gasteiger partial charge is 0.158 e. The summed E-state index contributed by atoms with van der Waals surface area (Å²) in [7, 11) is 1.84. The first kappa shape index (κ1) is 13.0. The van der Waals surface area contributed by atoms with E-state index in [1.807, 2.05) is 38.2 Å². The van der Waals surface area contributed by atoms with Gasteiger partial charge in [-0.3, -0.25) is 0 Å². The summed E-state index contributed by atoms with van der Waals surface area (Å²) >= 11 is 3.41. The molecule has 1 aromatic carbocycles. The Labute approximate surface area is 124 Å². The van der Waals surface area contributed by atoms with Gasteiger partial charge in [0, 0.05) is 24.4 Å². The van der Waals surface area contributed by atoms with Gasteiger partial charge in [-0.25, -0.2) is 4.68 Å². The zero-order valence-corrected chi connectivity index (χ0v) is 12.7. The summed E-state index contributed by atoms with van der Waals surface area (Å²) < 4.78 is 2.35. The molecule has 102 valence electrons. The molecule has 0 radical (unpaired) electrons. The highest BCUT2D eigenvalue weighted by molar-refractivity contribution is 9.10. The Bertz CT molecular complexity index is 747. The van der Waals surface area contributed by atoms with Crippen molar-refractivity contribution in [2.24, 2.45) is 7.05 Å². The summed E-state index contributed by atoms with van der Waals surface area (Å²) in [5, 5.41) is 21.9. The third-order valence-corrected chi connectivity index (χ3v) is 3.58. The van der Waals surface area contributed by atoms with Crippen LogP contribution in [0.2, 0.25) is 0 Å². The van der Waals surface area contributed by atoms with Gasteiger partial charge >= 0.3 is 0 Å². The average Bonchev–Trinajstić information content (AvgIpc) is 2.79. The normalized spacial score (nSPS) is 10.9. The number of hydrogen-bond donors (Lipinski definition) is 1. The highest BCUT2D eigenvalue weighted by Crippen LogP contribution is 2.32. The van der Waals surface area contributed by atoms with Gasteiger partial charge in [0.2, 0.25) is 0 Å². The molecule has 0 fully saturated rings. The van der Waals surface area contributed by atoms with Gasteiger partial charge in [0.05, 0.1) is 0 Å². The van der Waals surface area contributed by atoms with E-state index in [-0.39, 0.29) is 0 Å². The zero-order chi connectivity index (χ0) is 14.1. The summed E-state index contributed by atoms with van der Waals surface area (Å²) in [6.45, 7) is 2.83. The number of benzene rings is 1. The zero-order valence-electron chi connectivity index (χ0n) is 11.1. The van der Waals surface area contributed by atoms with Crippen LogP contribution in [0.5, 0.6) is 0 Å². The Morgan fingerprint density at radius 1 is 1.15 bits per heavy atom. The van der Waals surface area contributed by atoms with E-state index >= 15 is 0 Å². The lowest BCUT2D eigenvalue weighted by Gasteiger charge is -2.09. The topological polar surface area (TPSA) is 68.5 Å². The van der Waals surface area contributed by atoms with E-state index < -0.39 is 0 Å². The fourth-order valence-corrected chi connectivity index (χ4v) is 2.68.